The number of nitrogens with one attached hydrogen (secondary N) is 1. The van der Waals surface area contributed by atoms with Crippen LogP contribution in [0, 0.1) is 5.82 Å². The van der Waals surface area contributed by atoms with Crippen molar-refractivity contribution in [3.05, 3.63) is 35.6 Å². The maximum Gasteiger partial charge on any atom is 0.251 e. The molecule has 1 fully saturated rings. The minimum atomic E-state index is -0.413. The SMILES string of the molecule is CCCCC(=O)N1CCC(NC(=O)c2cccc(F)c2)CC1. The number of likely N-dealkylation sites (tertiary alicyclic amines) is 1. The summed E-state index contributed by atoms with van der Waals surface area (Å²) in [7, 11) is 0. The molecule has 0 bridgehead atoms. The molecular formula is C17H23FN2O2. The molecule has 1 aromatic rings. The van der Waals surface area contributed by atoms with E-state index in [1.54, 1.807) is 6.07 Å². The largest absolute Gasteiger partial charge is 0.349 e. The second-order valence-electron chi connectivity index (χ2n) is 5.74. The number of hydrogen-bond acceptors (Lipinski definition) is 2. The van der Waals surface area contributed by atoms with Gasteiger partial charge in [0.1, 0.15) is 5.82 Å². The highest BCUT2D eigenvalue weighted by molar-refractivity contribution is 5.94. The van der Waals surface area contributed by atoms with E-state index in [4.69, 9.17) is 0 Å². The van der Waals surface area contributed by atoms with Crippen molar-refractivity contribution in [2.24, 2.45) is 0 Å². The van der Waals surface area contributed by atoms with E-state index in [2.05, 4.69) is 12.2 Å². The van der Waals surface area contributed by atoms with Gasteiger partial charge in [-0.05, 0) is 37.5 Å². The minimum Gasteiger partial charge on any atom is -0.349 e. The van der Waals surface area contributed by atoms with Gasteiger partial charge in [-0.2, -0.15) is 0 Å². The van der Waals surface area contributed by atoms with E-state index in [-0.39, 0.29) is 17.9 Å². The Kier molecular flexibility index (Phi) is 5.92. The third kappa shape index (κ3) is 4.55. The van der Waals surface area contributed by atoms with Crippen LogP contribution in [0.3, 0.4) is 0 Å². The summed E-state index contributed by atoms with van der Waals surface area (Å²) in [6, 6.07) is 5.72. The molecular weight excluding hydrogens is 283 g/mol. The number of hydrogen-bond donors (Lipinski definition) is 1. The van der Waals surface area contributed by atoms with Crippen LogP contribution in [0.1, 0.15) is 49.4 Å². The summed E-state index contributed by atoms with van der Waals surface area (Å²) in [6.45, 7) is 3.43. The van der Waals surface area contributed by atoms with Gasteiger partial charge in [0.2, 0.25) is 5.91 Å². The molecule has 1 aromatic carbocycles. The van der Waals surface area contributed by atoms with Crippen LogP contribution in [0.5, 0.6) is 0 Å². The van der Waals surface area contributed by atoms with Crippen LogP contribution in [-0.2, 0) is 4.79 Å². The predicted molar refractivity (Wildman–Crippen MR) is 83.0 cm³/mol. The fourth-order valence-electron chi connectivity index (χ4n) is 2.66. The third-order valence-corrected chi connectivity index (χ3v) is 4.01. The Morgan fingerprint density at radius 3 is 2.68 bits per heavy atom. The molecule has 1 N–H and O–H groups in total. The van der Waals surface area contributed by atoms with Gasteiger partial charge in [0.25, 0.3) is 5.91 Å². The number of carbonyl (C=O) groups is 2. The molecule has 2 amide bonds. The number of rotatable bonds is 5. The molecule has 22 heavy (non-hydrogen) atoms. The first kappa shape index (κ1) is 16.5. The third-order valence-electron chi connectivity index (χ3n) is 4.01. The van der Waals surface area contributed by atoms with Gasteiger partial charge >= 0.3 is 0 Å². The molecule has 1 heterocycles. The molecule has 0 radical (unpaired) electrons. The van der Waals surface area contributed by atoms with Crippen molar-refractivity contribution in [3.8, 4) is 0 Å². The lowest BCUT2D eigenvalue weighted by molar-refractivity contribution is -0.132. The Labute approximate surface area is 130 Å². The molecule has 0 aromatic heterocycles. The summed E-state index contributed by atoms with van der Waals surface area (Å²) in [6.07, 6.45) is 4.05. The number of unbranched alkanes of at least 4 members (excludes halogenated alkanes) is 1. The molecule has 0 saturated carbocycles. The van der Waals surface area contributed by atoms with Crippen molar-refractivity contribution in [2.45, 2.75) is 45.1 Å². The van der Waals surface area contributed by atoms with Gasteiger partial charge in [0.05, 0.1) is 0 Å². The Morgan fingerprint density at radius 2 is 2.05 bits per heavy atom. The van der Waals surface area contributed by atoms with Gasteiger partial charge in [-0.1, -0.05) is 19.4 Å². The fraction of sp³-hybridized carbons (Fsp3) is 0.529. The van der Waals surface area contributed by atoms with Gasteiger partial charge in [0.15, 0.2) is 0 Å². The number of benzene rings is 1. The van der Waals surface area contributed by atoms with E-state index in [1.807, 2.05) is 4.90 Å². The molecule has 1 aliphatic rings. The van der Waals surface area contributed by atoms with Crippen molar-refractivity contribution in [3.63, 3.8) is 0 Å². The molecule has 0 unspecified atom stereocenters. The highest BCUT2D eigenvalue weighted by Crippen LogP contribution is 2.13. The van der Waals surface area contributed by atoms with Crippen molar-refractivity contribution in [1.29, 1.82) is 0 Å². The van der Waals surface area contributed by atoms with Crippen LogP contribution in [0.2, 0.25) is 0 Å². The number of piperidine rings is 1. The van der Waals surface area contributed by atoms with Gasteiger partial charge in [-0.15, -0.1) is 0 Å². The van der Waals surface area contributed by atoms with E-state index in [1.165, 1.54) is 18.2 Å². The Hall–Kier alpha value is -1.91. The lowest BCUT2D eigenvalue weighted by Crippen LogP contribution is -2.46. The van der Waals surface area contributed by atoms with Crippen molar-refractivity contribution in [1.82, 2.24) is 10.2 Å². The normalized spacial score (nSPS) is 15.6. The first-order valence-corrected chi connectivity index (χ1v) is 7.94. The van der Waals surface area contributed by atoms with Crippen LogP contribution in [-0.4, -0.2) is 35.8 Å². The molecule has 4 nitrogen and oxygen atoms in total. The van der Waals surface area contributed by atoms with Crippen LogP contribution in [0.15, 0.2) is 24.3 Å². The Morgan fingerprint density at radius 1 is 1.32 bits per heavy atom. The molecule has 120 valence electrons. The summed E-state index contributed by atoms with van der Waals surface area (Å²) < 4.78 is 13.1. The smallest absolute Gasteiger partial charge is 0.251 e. The molecule has 1 aliphatic heterocycles. The number of carbonyl (C=O) groups excluding carboxylic acids is 2. The summed E-state index contributed by atoms with van der Waals surface area (Å²) in [4.78, 5) is 25.9. The summed E-state index contributed by atoms with van der Waals surface area (Å²) in [5, 5.41) is 2.92. The van der Waals surface area contributed by atoms with Gasteiger partial charge in [-0.3, -0.25) is 9.59 Å². The molecule has 0 spiro atoms. The Bertz CT molecular complexity index is 525. The monoisotopic (exact) mass is 306 g/mol. The van der Waals surface area contributed by atoms with Crippen molar-refractivity contribution >= 4 is 11.8 Å². The second kappa shape index (κ2) is 7.92. The Balaban J connectivity index is 1.80. The summed E-state index contributed by atoms with van der Waals surface area (Å²) in [5.74, 6) is -0.462. The molecule has 0 aliphatic carbocycles. The lowest BCUT2D eigenvalue weighted by Gasteiger charge is -2.32. The van der Waals surface area contributed by atoms with Crippen LogP contribution < -0.4 is 5.32 Å². The molecule has 5 heteroatoms. The quantitative estimate of drug-likeness (QED) is 0.909. The van der Waals surface area contributed by atoms with E-state index >= 15 is 0 Å². The maximum absolute atomic E-state index is 13.1. The zero-order chi connectivity index (χ0) is 15.9. The van der Waals surface area contributed by atoms with E-state index < -0.39 is 5.82 Å². The molecule has 1 saturated heterocycles. The van der Waals surface area contributed by atoms with Crippen LogP contribution >= 0.6 is 0 Å². The molecule has 0 atom stereocenters. The molecule has 2 rings (SSSR count). The number of amides is 2. The van der Waals surface area contributed by atoms with Crippen molar-refractivity contribution in [2.75, 3.05) is 13.1 Å². The van der Waals surface area contributed by atoms with E-state index in [0.717, 1.165) is 25.7 Å². The van der Waals surface area contributed by atoms with Gasteiger partial charge in [0, 0.05) is 31.1 Å². The van der Waals surface area contributed by atoms with Crippen molar-refractivity contribution < 1.29 is 14.0 Å². The number of halogens is 1. The summed E-state index contributed by atoms with van der Waals surface area (Å²) in [5.41, 5.74) is 0.335. The van der Waals surface area contributed by atoms with Crippen LogP contribution in [0.25, 0.3) is 0 Å². The second-order valence-corrected chi connectivity index (χ2v) is 5.74. The minimum absolute atomic E-state index is 0.0472. The first-order chi connectivity index (χ1) is 10.6. The van der Waals surface area contributed by atoms with E-state index in [0.29, 0.717) is 25.1 Å². The van der Waals surface area contributed by atoms with E-state index in [9.17, 15) is 14.0 Å². The highest BCUT2D eigenvalue weighted by atomic mass is 19.1. The highest BCUT2D eigenvalue weighted by Gasteiger charge is 2.23. The zero-order valence-corrected chi connectivity index (χ0v) is 13.0. The van der Waals surface area contributed by atoms with Crippen LogP contribution in [0.4, 0.5) is 4.39 Å². The lowest BCUT2D eigenvalue weighted by atomic mass is 10.0. The maximum atomic E-state index is 13.1. The van der Waals surface area contributed by atoms with Gasteiger partial charge in [-0.25, -0.2) is 4.39 Å². The first-order valence-electron chi connectivity index (χ1n) is 7.94. The van der Waals surface area contributed by atoms with Gasteiger partial charge < -0.3 is 10.2 Å². The number of nitrogens with zero attached hydrogens (tertiary/aromatic N) is 1. The summed E-state index contributed by atoms with van der Waals surface area (Å²) >= 11 is 0. The fourth-order valence-corrected chi connectivity index (χ4v) is 2.66. The predicted octanol–water partition coefficient (Wildman–Crippen LogP) is 2.74. The topological polar surface area (TPSA) is 49.4 Å². The average Bonchev–Trinajstić information content (AvgIpc) is 2.53. The average molecular weight is 306 g/mol. The zero-order valence-electron chi connectivity index (χ0n) is 13.0. The standard InChI is InChI=1S/C17H23FN2O2/c1-2-3-7-16(21)20-10-8-15(9-11-20)19-17(22)13-5-4-6-14(18)12-13/h4-6,12,15H,2-3,7-11H2,1H3,(H,19,22).